The van der Waals surface area contributed by atoms with Gasteiger partial charge < -0.3 is 10.2 Å². The van der Waals surface area contributed by atoms with E-state index in [2.05, 4.69) is 20.2 Å². The molecule has 0 saturated carbocycles. The zero-order valence-corrected chi connectivity index (χ0v) is 16.9. The summed E-state index contributed by atoms with van der Waals surface area (Å²) in [4.78, 5) is 35.2. The predicted molar refractivity (Wildman–Crippen MR) is 105 cm³/mol. The summed E-state index contributed by atoms with van der Waals surface area (Å²) < 4.78 is 1.80. The molecule has 9 heteroatoms. The molecular formula is C17H23N5O2S2. The normalized spacial score (nSPS) is 13.2. The molecular weight excluding hydrogens is 370 g/mol. The van der Waals surface area contributed by atoms with Crippen molar-refractivity contribution in [3.8, 4) is 0 Å². The van der Waals surface area contributed by atoms with Crippen LogP contribution in [0.15, 0.2) is 15.2 Å². The van der Waals surface area contributed by atoms with Gasteiger partial charge in [-0.2, -0.15) is 4.98 Å². The van der Waals surface area contributed by atoms with Crippen molar-refractivity contribution >= 4 is 34.1 Å². The minimum Gasteiger partial charge on any atom is -0.308 e. The van der Waals surface area contributed by atoms with E-state index < -0.39 is 0 Å². The molecule has 140 valence electrons. The fourth-order valence-corrected chi connectivity index (χ4v) is 4.52. The van der Waals surface area contributed by atoms with Crippen LogP contribution in [-0.4, -0.2) is 51.7 Å². The average Bonchev–Trinajstić information content (AvgIpc) is 3.21. The van der Waals surface area contributed by atoms with Crippen molar-refractivity contribution in [1.82, 2.24) is 19.4 Å². The van der Waals surface area contributed by atoms with Gasteiger partial charge in [0.2, 0.25) is 5.91 Å². The van der Waals surface area contributed by atoms with Gasteiger partial charge in [0, 0.05) is 29.7 Å². The number of carbonyl (C=O) groups is 1. The van der Waals surface area contributed by atoms with Gasteiger partial charge in [0.05, 0.1) is 11.4 Å². The number of aromatic nitrogens is 3. The topological polar surface area (TPSA) is 80.1 Å². The maximum atomic E-state index is 12.5. The van der Waals surface area contributed by atoms with Gasteiger partial charge in [-0.25, -0.2) is 9.78 Å². The molecule has 1 N–H and O–H groups in total. The van der Waals surface area contributed by atoms with E-state index in [0.29, 0.717) is 16.7 Å². The third kappa shape index (κ3) is 4.52. The predicted octanol–water partition coefficient (Wildman–Crippen LogP) is 1.79. The first-order chi connectivity index (χ1) is 12.4. The van der Waals surface area contributed by atoms with Crippen LogP contribution in [0.4, 0.5) is 5.13 Å². The van der Waals surface area contributed by atoms with Crippen LogP contribution in [0.1, 0.15) is 23.4 Å². The van der Waals surface area contributed by atoms with Crippen LogP contribution in [0.25, 0.3) is 0 Å². The highest BCUT2D eigenvalue weighted by atomic mass is 32.2. The summed E-state index contributed by atoms with van der Waals surface area (Å²) in [6.45, 7) is 3.34. The number of hydrogen-bond donors (Lipinski definition) is 1. The third-order valence-electron chi connectivity index (χ3n) is 4.18. The van der Waals surface area contributed by atoms with E-state index in [1.807, 2.05) is 26.4 Å². The van der Waals surface area contributed by atoms with Crippen LogP contribution in [0.3, 0.4) is 0 Å². The number of nitrogens with one attached hydrogen (secondary N) is 1. The summed E-state index contributed by atoms with van der Waals surface area (Å²) in [6.07, 6.45) is 2.85. The van der Waals surface area contributed by atoms with E-state index in [0.717, 1.165) is 42.8 Å². The molecule has 2 aromatic rings. The van der Waals surface area contributed by atoms with Crippen LogP contribution in [-0.2, 0) is 24.2 Å². The molecule has 0 radical (unpaired) electrons. The highest BCUT2D eigenvalue weighted by Gasteiger charge is 2.22. The number of rotatable bonds is 7. The summed E-state index contributed by atoms with van der Waals surface area (Å²) in [5.41, 5.74) is 2.89. The van der Waals surface area contributed by atoms with Crippen LogP contribution in [0, 0.1) is 6.92 Å². The number of amides is 1. The fourth-order valence-electron chi connectivity index (χ4n) is 2.94. The van der Waals surface area contributed by atoms with Crippen molar-refractivity contribution in [2.24, 2.45) is 0 Å². The SMILES string of the molecule is Cc1csc(NC(=O)CSc2nc(=O)n(CCN(C)C)c3c2CCC3)n1. The minimum atomic E-state index is -0.217. The zero-order chi connectivity index (χ0) is 18.7. The van der Waals surface area contributed by atoms with Crippen molar-refractivity contribution in [3.05, 3.63) is 32.8 Å². The summed E-state index contributed by atoms with van der Waals surface area (Å²) in [5, 5.41) is 5.99. The number of fused-ring (bicyclic) bond motifs is 1. The van der Waals surface area contributed by atoms with Gasteiger partial charge in [-0.15, -0.1) is 11.3 Å². The van der Waals surface area contributed by atoms with E-state index in [9.17, 15) is 9.59 Å². The molecule has 0 atom stereocenters. The van der Waals surface area contributed by atoms with Crippen molar-refractivity contribution in [1.29, 1.82) is 0 Å². The van der Waals surface area contributed by atoms with E-state index in [1.165, 1.54) is 23.1 Å². The highest BCUT2D eigenvalue weighted by Crippen LogP contribution is 2.29. The lowest BCUT2D eigenvalue weighted by atomic mass is 10.2. The quantitative estimate of drug-likeness (QED) is 0.571. The molecule has 3 rings (SSSR count). The number of aryl methyl sites for hydroxylation is 1. The Labute approximate surface area is 160 Å². The number of hydrogen-bond acceptors (Lipinski definition) is 7. The standard InChI is InChI=1S/C17H23N5O2S2/c1-11-9-26-16(18-11)19-14(23)10-25-15-12-5-4-6-13(12)22(17(24)20-15)8-7-21(2)3/h9H,4-8,10H2,1-3H3,(H,18,19,23). The Morgan fingerprint density at radius 3 is 2.88 bits per heavy atom. The second-order valence-electron chi connectivity index (χ2n) is 6.56. The number of thiazole rings is 1. The molecule has 1 aliphatic rings. The second-order valence-corrected chi connectivity index (χ2v) is 8.39. The van der Waals surface area contributed by atoms with Crippen molar-refractivity contribution in [3.63, 3.8) is 0 Å². The first-order valence-electron chi connectivity index (χ1n) is 8.56. The van der Waals surface area contributed by atoms with Gasteiger partial charge in [-0.3, -0.25) is 9.36 Å². The van der Waals surface area contributed by atoms with Gasteiger partial charge >= 0.3 is 5.69 Å². The average molecular weight is 394 g/mol. The fraction of sp³-hybridized carbons (Fsp3) is 0.529. The van der Waals surface area contributed by atoms with E-state index in [-0.39, 0.29) is 17.3 Å². The van der Waals surface area contributed by atoms with Gasteiger partial charge in [0.1, 0.15) is 5.03 Å². The van der Waals surface area contributed by atoms with Crippen molar-refractivity contribution < 1.29 is 4.79 Å². The van der Waals surface area contributed by atoms with Crippen LogP contribution < -0.4 is 11.0 Å². The maximum Gasteiger partial charge on any atom is 0.348 e. The molecule has 0 saturated heterocycles. The lowest BCUT2D eigenvalue weighted by Gasteiger charge is -2.16. The molecule has 0 aromatic carbocycles. The van der Waals surface area contributed by atoms with E-state index >= 15 is 0 Å². The van der Waals surface area contributed by atoms with E-state index in [4.69, 9.17) is 0 Å². The minimum absolute atomic E-state index is 0.130. The van der Waals surface area contributed by atoms with Gasteiger partial charge in [-0.1, -0.05) is 11.8 Å². The van der Waals surface area contributed by atoms with Crippen LogP contribution in [0.2, 0.25) is 0 Å². The molecule has 0 unspecified atom stereocenters. The molecule has 2 heterocycles. The van der Waals surface area contributed by atoms with Crippen LogP contribution >= 0.6 is 23.1 Å². The zero-order valence-electron chi connectivity index (χ0n) is 15.2. The molecule has 1 amide bonds. The molecule has 7 nitrogen and oxygen atoms in total. The largest absolute Gasteiger partial charge is 0.348 e. The molecule has 0 aliphatic heterocycles. The van der Waals surface area contributed by atoms with Crippen molar-refractivity contribution in [2.45, 2.75) is 37.8 Å². The number of thioether (sulfide) groups is 1. The Kier molecular flexibility index (Phi) is 6.10. The molecule has 26 heavy (non-hydrogen) atoms. The Balaban J connectivity index is 1.70. The van der Waals surface area contributed by atoms with Crippen molar-refractivity contribution in [2.75, 3.05) is 31.7 Å². The summed E-state index contributed by atoms with van der Waals surface area (Å²) in [6, 6.07) is 0. The Morgan fingerprint density at radius 2 is 2.19 bits per heavy atom. The third-order valence-corrected chi connectivity index (χ3v) is 6.07. The van der Waals surface area contributed by atoms with Gasteiger partial charge in [-0.05, 0) is 40.3 Å². The molecule has 0 bridgehead atoms. The summed E-state index contributed by atoms with van der Waals surface area (Å²) in [7, 11) is 3.98. The summed E-state index contributed by atoms with van der Waals surface area (Å²) >= 11 is 2.74. The Bertz CT molecular complexity index is 859. The van der Waals surface area contributed by atoms with Gasteiger partial charge in [0.25, 0.3) is 0 Å². The molecule has 0 fully saturated rings. The monoisotopic (exact) mass is 393 g/mol. The molecule has 1 aliphatic carbocycles. The number of carbonyl (C=O) groups excluding carboxylic acids is 1. The van der Waals surface area contributed by atoms with Crippen LogP contribution in [0.5, 0.6) is 0 Å². The maximum absolute atomic E-state index is 12.5. The second kappa shape index (κ2) is 8.32. The molecule has 2 aromatic heterocycles. The number of likely N-dealkylation sites (N-methyl/N-ethyl adjacent to an activating group) is 1. The molecule has 0 spiro atoms. The number of anilines is 1. The van der Waals surface area contributed by atoms with E-state index in [1.54, 1.807) is 4.57 Å². The smallest absolute Gasteiger partial charge is 0.308 e. The van der Waals surface area contributed by atoms with Gasteiger partial charge in [0.15, 0.2) is 5.13 Å². The lowest BCUT2D eigenvalue weighted by molar-refractivity contribution is -0.113. The Hall–Kier alpha value is -1.71. The number of nitrogens with zero attached hydrogens (tertiary/aromatic N) is 4. The lowest BCUT2D eigenvalue weighted by Crippen LogP contribution is -2.31. The first kappa shape index (κ1) is 19.1. The Morgan fingerprint density at radius 1 is 1.38 bits per heavy atom. The first-order valence-corrected chi connectivity index (χ1v) is 10.4. The summed E-state index contributed by atoms with van der Waals surface area (Å²) in [5.74, 6) is 0.0915. The highest BCUT2D eigenvalue weighted by molar-refractivity contribution is 8.00.